The maximum Gasteiger partial charge on any atom is 0.293 e. The van der Waals surface area contributed by atoms with Gasteiger partial charge in [-0.3, -0.25) is 4.79 Å². The Morgan fingerprint density at radius 1 is 1.41 bits per heavy atom. The van der Waals surface area contributed by atoms with Crippen molar-refractivity contribution in [3.8, 4) is 0 Å². The first-order valence-corrected chi connectivity index (χ1v) is 6.36. The van der Waals surface area contributed by atoms with Crippen LogP contribution in [0.5, 0.6) is 0 Å². The van der Waals surface area contributed by atoms with E-state index in [9.17, 15) is 4.79 Å². The molecule has 0 spiro atoms. The van der Waals surface area contributed by atoms with Crippen molar-refractivity contribution < 1.29 is 0 Å². The van der Waals surface area contributed by atoms with E-state index in [1.165, 1.54) is 12.8 Å². The molecule has 1 aliphatic carbocycles. The third kappa shape index (κ3) is 2.68. The lowest BCUT2D eigenvalue weighted by molar-refractivity contribution is 0.276. The minimum absolute atomic E-state index is 0.0432. The zero-order valence-electron chi connectivity index (χ0n) is 10.8. The Bertz CT molecular complexity index is 441. The summed E-state index contributed by atoms with van der Waals surface area (Å²) >= 11 is 0. The van der Waals surface area contributed by atoms with Crippen molar-refractivity contribution in [2.45, 2.75) is 39.2 Å². The van der Waals surface area contributed by atoms with Gasteiger partial charge in [0.2, 0.25) is 0 Å². The fourth-order valence-electron chi connectivity index (χ4n) is 2.65. The van der Waals surface area contributed by atoms with Crippen LogP contribution >= 0.6 is 0 Å². The normalized spacial score (nSPS) is 29.0. The van der Waals surface area contributed by atoms with E-state index in [-0.39, 0.29) is 5.56 Å². The van der Waals surface area contributed by atoms with E-state index in [1.807, 2.05) is 0 Å². The predicted octanol–water partition coefficient (Wildman–Crippen LogP) is 2.02. The van der Waals surface area contributed by atoms with Crippen LogP contribution in [0, 0.1) is 11.8 Å². The second-order valence-electron chi connectivity index (χ2n) is 5.34. The van der Waals surface area contributed by atoms with E-state index in [0.29, 0.717) is 17.8 Å². The van der Waals surface area contributed by atoms with Crippen LogP contribution < -0.4 is 10.9 Å². The first-order valence-electron chi connectivity index (χ1n) is 6.36. The zero-order valence-corrected chi connectivity index (χ0v) is 10.8. The lowest BCUT2D eigenvalue weighted by Crippen LogP contribution is -2.36. The van der Waals surface area contributed by atoms with Gasteiger partial charge in [-0.2, -0.15) is 0 Å². The summed E-state index contributed by atoms with van der Waals surface area (Å²) < 4.78 is 1.56. The highest BCUT2D eigenvalue weighted by atomic mass is 16.1. The standard InChI is InChI=1S/C13H21N3O/c1-9-4-5-11(10(2)8-9)15-12-13(17)16(3)7-6-14-12/h6-7,9-11H,4-5,8H2,1-3H3,(H,14,15). The number of hydrogen-bond donors (Lipinski definition) is 1. The second kappa shape index (κ2) is 4.90. The molecule has 4 nitrogen and oxygen atoms in total. The lowest BCUT2D eigenvalue weighted by atomic mass is 9.80. The SMILES string of the molecule is CC1CCC(Nc2nccn(C)c2=O)C(C)C1. The van der Waals surface area contributed by atoms with Gasteiger partial charge in [0.25, 0.3) is 5.56 Å². The van der Waals surface area contributed by atoms with Gasteiger partial charge in [0.1, 0.15) is 0 Å². The minimum atomic E-state index is -0.0432. The van der Waals surface area contributed by atoms with Crippen LogP contribution in [0.4, 0.5) is 5.82 Å². The summed E-state index contributed by atoms with van der Waals surface area (Å²) in [6.45, 7) is 4.55. The third-order valence-electron chi connectivity index (χ3n) is 3.77. The summed E-state index contributed by atoms with van der Waals surface area (Å²) in [6.07, 6.45) is 6.93. The molecule has 0 bridgehead atoms. The fraction of sp³-hybridized carbons (Fsp3) is 0.692. The van der Waals surface area contributed by atoms with E-state index in [4.69, 9.17) is 0 Å². The van der Waals surface area contributed by atoms with Crippen molar-refractivity contribution in [1.29, 1.82) is 0 Å². The van der Waals surface area contributed by atoms with Crippen LogP contribution in [-0.4, -0.2) is 15.6 Å². The van der Waals surface area contributed by atoms with Crippen molar-refractivity contribution in [3.63, 3.8) is 0 Å². The van der Waals surface area contributed by atoms with Crippen LogP contribution in [0.15, 0.2) is 17.2 Å². The van der Waals surface area contributed by atoms with Gasteiger partial charge in [-0.1, -0.05) is 13.8 Å². The maximum atomic E-state index is 11.9. The molecule has 1 saturated carbocycles. The number of nitrogens with zero attached hydrogens (tertiary/aromatic N) is 2. The van der Waals surface area contributed by atoms with Crippen molar-refractivity contribution in [2.75, 3.05) is 5.32 Å². The van der Waals surface area contributed by atoms with Crippen molar-refractivity contribution in [2.24, 2.45) is 18.9 Å². The Morgan fingerprint density at radius 2 is 2.18 bits per heavy atom. The van der Waals surface area contributed by atoms with Gasteiger partial charge < -0.3 is 9.88 Å². The van der Waals surface area contributed by atoms with Crippen LogP contribution in [0.25, 0.3) is 0 Å². The number of rotatable bonds is 2. The Hall–Kier alpha value is -1.32. The zero-order chi connectivity index (χ0) is 12.4. The van der Waals surface area contributed by atoms with Gasteiger partial charge in [-0.25, -0.2) is 4.98 Å². The molecule has 1 fully saturated rings. The smallest absolute Gasteiger partial charge is 0.293 e. The van der Waals surface area contributed by atoms with Crippen molar-refractivity contribution in [1.82, 2.24) is 9.55 Å². The van der Waals surface area contributed by atoms with Crippen LogP contribution in [0.2, 0.25) is 0 Å². The summed E-state index contributed by atoms with van der Waals surface area (Å²) in [5, 5.41) is 3.32. The van der Waals surface area contributed by atoms with E-state index < -0.39 is 0 Å². The molecule has 0 radical (unpaired) electrons. The van der Waals surface area contributed by atoms with E-state index in [2.05, 4.69) is 24.1 Å². The lowest BCUT2D eigenvalue weighted by Gasteiger charge is -2.33. The summed E-state index contributed by atoms with van der Waals surface area (Å²) in [4.78, 5) is 16.0. The molecular weight excluding hydrogens is 214 g/mol. The van der Waals surface area contributed by atoms with Gasteiger partial charge in [0.05, 0.1) is 0 Å². The summed E-state index contributed by atoms with van der Waals surface area (Å²) in [5.41, 5.74) is -0.0432. The van der Waals surface area contributed by atoms with Gasteiger partial charge in [-0.15, -0.1) is 0 Å². The summed E-state index contributed by atoms with van der Waals surface area (Å²) in [7, 11) is 1.75. The predicted molar refractivity (Wildman–Crippen MR) is 69.1 cm³/mol. The Morgan fingerprint density at radius 3 is 2.88 bits per heavy atom. The molecule has 1 aliphatic rings. The summed E-state index contributed by atoms with van der Waals surface area (Å²) in [5.74, 6) is 1.89. The summed E-state index contributed by atoms with van der Waals surface area (Å²) in [6, 6.07) is 0.383. The molecule has 4 heteroatoms. The quantitative estimate of drug-likeness (QED) is 0.853. The monoisotopic (exact) mass is 235 g/mol. The van der Waals surface area contributed by atoms with Crippen LogP contribution in [-0.2, 0) is 7.05 Å². The second-order valence-corrected chi connectivity index (χ2v) is 5.34. The first kappa shape index (κ1) is 12.1. The van der Waals surface area contributed by atoms with E-state index in [0.717, 1.165) is 12.3 Å². The Balaban J connectivity index is 2.11. The van der Waals surface area contributed by atoms with Gasteiger partial charge in [-0.05, 0) is 31.1 Å². The van der Waals surface area contributed by atoms with Crippen LogP contribution in [0.1, 0.15) is 33.1 Å². The molecule has 0 aliphatic heterocycles. The van der Waals surface area contributed by atoms with Gasteiger partial charge >= 0.3 is 0 Å². The average Bonchev–Trinajstić information content (AvgIpc) is 2.28. The highest BCUT2D eigenvalue weighted by molar-refractivity contribution is 5.32. The fourth-order valence-corrected chi connectivity index (χ4v) is 2.65. The minimum Gasteiger partial charge on any atom is -0.362 e. The molecule has 1 N–H and O–H groups in total. The molecule has 1 aromatic heterocycles. The molecule has 1 aromatic rings. The first-order chi connectivity index (χ1) is 8.08. The molecule has 1 heterocycles. The van der Waals surface area contributed by atoms with Gasteiger partial charge in [0, 0.05) is 25.5 Å². The topological polar surface area (TPSA) is 46.9 Å². The highest BCUT2D eigenvalue weighted by Crippen LogP contribution is 2.29. The van der Waals surface area contributed by atoms with Gasteiger partial charge in [0.15, 0.2) is 5.82 Å². The molecule has 0 aromatic carbocycles. The van der Waals surface area contributed by atoms with E-state index in [1.54, 1.807) is 24.0 Å². The van der Waals surface area contributed by atoms with Crippen LogP contribution in [0.3, 0.4) is 0 Å². The molecule has 3 atom stereocenters. The molecule has 3 unspecified atom stereocenters. The number of aryl methyl sites for hydroxylation is 1. The molecule has 2 rings (SSSR count). The number of nitrogens with one attached hydrogen (secondary N) is 1. The van der Waals surface area contributed by atoms with E-state index >= 15 is 0 Å². The molecular formula is C13H21N3O. The Labute approximate surface area is 102 Å². The third-order valence-corrected chi connectivity index (χ3v) is 3.77. The Kier molecular flexibility index (Phi) is 3.50. The highest BCUT2D eigenvalue weighted by Gasteiger charge is 2.25. The maximum absolute atomic E-state index is 11.9. The molecule has 0 amide bonds. The number of hydrogen-bond acceptors (Lipinski definition) is 3. The van der Waals surface area contributed by atoms with Crippen molar-refractivity contribution >= 4 is 5.82 Å². The molecule has 94 valence electrons. The average molecular weight is 235 g/mol. The largest absolute Gasteiger partial charge is 0.362 e. The number of aromatic nitrogens is 2. The molecule has 17 heavy (non-hydrogen) atoms. The molecule has 0 saturated heterocycles. The van der Waals surface area contributed by atoms with Crippen molar-refractivity contribution in [3.05, 3.63) is 22.7 Å². The number of anilines is 1.